The molecule has 0 spiro atoms. The zero-order chi connectivity index (χ0) is 14.4. The molecule has 20 heavy (non-hydrogen) atoms. The number of nitrogens with zero attached hydrogens (tertiary/aromatic N) is 2. The van der Waals surface area contributed by atoms with E-state index in [1.165, 1.54) is 30.6 Å². The smallest absolute Gasteiger partial charge is 0.129 e. The molecule has 0 fully saturated rings. The normalized spacial score (nSPS) is 11.9. The van der Waals surface area contributed by atoms with Crippen molar-refractivity contribution in [2.75, 3.05) is 18.5 Å². The van der Waals surface area contributed by atoms with Crippen LogP contribution >= 0.6 is 0 Å². The van der Waals surface area contributed by atoms with Crippen LogP contribution in [0.5, 0.6) is 5.75 Å². The van der Waals surface area contributed by atoms with Gasteiger partial charge in [0.15, 0.2) is 0 Å². The topological polar surface area (TPSA) is 67.3 Å². The molecule has 0 aliphatic heterocycles. The lowest BCUT2D eigenvalue weighted by atomic mass is 10.3. The van der Waals surface area contributed by atoms with E-state index in [0.717, 1.165) is 5.69 Å². The third-order valence-corrected chi connectivity index (χ3v) is 2.58. The maximum Gasteiger partial charge on any atom is 0.129 e. The number of aliphatic hydroxyl groups is 1. The van der Waals surface area contributed by atoms with Crippen molar-refractivity contribution >= 4 is 5.82 Å². The van der Waals surface area contributed by atoms with Crippen LogP contribution in [0.25, 0.3) is 0 Å². The van der Waals surface area contributed by atoms with Gasteiger partial charge in [0.25, 0.3) is 0 Å². The molecule has 2 rings (SSSR count). The molecule has 106 valence electrons. The number of ether oxygens (including phenoxy) is 1. The quantitative estimate of drug-likeness (QED) is 0.842. The molecule has 1 aromatic carbocycles. The molecule has 0 saturated heterocycles. The van der Waals surface area contributed by atoms with Gasteiger partial charge in [-0.15, -0.1) is 0 Å². The average Bonchev–Trinajstić information content (AvgIpc) is 2.45. The summed E-state index contributed by atoms with van der Waals surface area (Å²) < 4.78 is 18.0. The molecule has 1 unspecified atom stereocenters. The van der Waals surface area contributed by atoms with Crippen LogP contribution in [0.3, 0.4) is 0 Å². The molecule has 2 aromatic rings. The summed E-state index contributed by atoms with van der Waals surface area (Å²) in [7, 11) is 0. The highest BCUT2D eigenvalue weighted by molar-refractivity contribution is 5.34. The van der Waals surface area contributed by atoms with Crippen molar-refractivity contribution in [3.8, 4) is 5.75 Å². The van der Waals surface area contributed by atoms with E-state index in [1.807, 2.05) is 6.92 Å². The molecule has 0 aliphatic carbocycles. The highest BCUT2D eigenvalue weighted by Gasteiger charge is 2.06. The Labute approximate surface area is 116 Å². The van der Waals surface area contributed by atoms with Crippen molar-refractivity contribution in [2.45, 2.75) is 13.0 Å². The number of aromatic nitrogens is 2. The van der Waals surface area contributed by atoms with Crippen molar-refractivity contribution in [2.24, 2.45) is 0 Å². The number of rotatable bonds is 6. The Morgan fingerprint density at radius 1 is 1.30 bits per heavy atom. The minimum absolute atomic E-state index is 0.114. The van der Waals surface area contributed by atoms with Gasteiger partial charge in [0.05, 0.1) is 0 Å². The molecule has 1 heterocycles. The van der Waals surface area contributed by atoms with E-state index < -0.39 is 6.10 Å². The van der Waals surface area contributed by atoms with E-state index in [-0.39, 0.29) is 12.4 Å². The van der Waals surface area contributed by atoms with Crippen LogP contribution in [0.1, 0.15) is 5.69 Å². The summed E-state index contributed by atoms with van der Waals surface area (Å²) in [5, 5.41) is 12.8. The maximum absolute atomic E-state index is 12.7. The molecule has 1 atom stereocenters. The third-order valence-electron chi connectivity index (χ3n) is 2.58. The lowest BCUT2D eigenvalue weighted by molar-refractivity contribution is 0.117. The zero-order valence-corrected chi connectivity index (χ0v) is 11.1. The van der Waals surface area contributed by atoms with Gasteiger partial charge in [-0.1, -0.05) is 0 Å². The standard InChI is InChI=1S/C14H16FN3O2/c1-10-6-14(18-9-17-10)16-7-12(19)8-20-13-4-2-11(15)3-5-13/h2-6,9,12,19H,7-8H2,1H3,(H,16,17,18). The largest absolute Gasteiger partial charge is 0.491 e. The highest BCUT2D eigenvalue weighted by atomic mass is 19.1. The van der Waals surface area contributed by atoms with Crippen molar-refractivity contribution in [1.29, 1.82) is 0 Å². The summed E-state index contributed by atoms with van der Waals surface area (Å²) in [6.45, 7) is 2.28. The predicted octanol–water partition coefficient (Wildman–Crippen LogP) is 1.78. The number of anilines is 1. The van der Waals surface area contributed by atoms with E-state index in [9.17, 15) is 9.50 Å². The zero-order valence-electron chi connectivity index (χ0n) is 11.1. The van der Waals surface area contributed by atoms with Crippen LogP contribution in [0, 0.1) is 12.7 Å². The summed E-state index contributed by atoms with van der Waals surface area (Å²) in [5.41, 5.74) is 0.847. The third kappa shape index (κ3) is 4.47. The molecule has 5 nitrogen and oxygen atoms in total. The Balaban J connectivity index is 1.75. The first kappa shape index (κ1) is 14.2. The highest BCUT2D eigenvalue weighted by Crippen LogP contribution is 2.11. The van der Waals surface area contributed by atoms with Gasteiger partial charge in [-0.25, -0.2) is 14.4 Å². The fourth-order valence-corrected chi connectivity index (χ4v) is 1.56. The van der Waals surface area contributed by atoms with Crippen LogP contribution in [0.2, 0.25) is 0 Å². The van der Waals surface area contributed by atoms with E-state index in [2.05, 4.69) is 15.3 Å². The molecular weight excluding hydrogens is 261 g/mol. The van der Waals surface area contributed by atoms with Crippen LogP contribution in [-0.4, -0.2) is 34.3 Å². The Morgan fingerprint density at radius 3 is 2.75 bits per heavy atom. The van der Waals surface area contributed by atoms with E-state index >= 15 is 0 Å². The SMILES string of the molecule is Cc1cc(NCC(O)COc2ccc(F)cc2)ncn1. The second-order valence-electron chi connectivity index (χ2n) is 4.34. The van der Waals surface area contributed by atoms with Crippen molar-refractivity contribution in [3.63, 3.8) is 0 Å². The molecule has 0 aliphatic rings. The fourth-order valence-electron chi connectivity index (χ4n) is 1.56. The van der Waals surface area contributed by atoms with E-state index in [1.54, 1.807) is 6.07 Å². The summed E-state index contributed by atoms with van der Waals surface area (Å²) in [6, 6.07) is 7.44. The van der Waals surface area contributed by atoms with Crippen molar-refractivity contribution in [1.82, 2.24) is 9.97 Å². The van der Waals surface area contributed by atoms with Gasteiger partial charge in [0, 0.05) is 18.3 Å². The number of nitrogens with one attached hydrogen (secondary N) is 1. The number of halogens is 1. The van der Waals surface area contributed by atoms with Crippen LogP contribution in [0.4, 0.5) is 10.2 Å². The number of benzene rings is 1. The Morgan fingerprint density at radius 2 is 2.05 bits per heavy atom. The average molecular weight is 277 g/mol. The molecule has 0 radical (unpaired) electrons. The number of aliphatic hydroxyl groups excluding tert-OH is 1. The first-order valence-corrected chi connectivity index (χ1v) is 6.22. The molecular formula is C14H16FN3O2. The predicted molar refractivity (Wildman–Crippen MR) is 73.2 cm³/mol. The van der Waals surface area contributed by atoms with E-state index in [0.29, 0.717) is 18.1 Å². The van der Waals surface area contributed by atoms with Gasteiger partial charge in [-0.05, 0) is 31.2 Å². The Bertz CT molecular complexity index is 548. The van der Waals surface area contributed by atoms with E-state index in [4.69, 9.17) is 4.74 Å². The Hall–Kier alpha value is -2.21. The van der Waals surface area contributed by atoms with Crippen molar-refractivity contribution < 1.29 is 14.2 Å². The summed E-state index contributed by atoms with van der Waals surface area (Å²) in [5.74, 6) is 0.848. The van der Waals surface area contributed by atoms with Crippen molar-refractivity contribution in [3.05, 3.63) is 48.2 Å². The second-order valence-corrected chi connectivity index (χ2v) is 4.34. The number of hydrogen-bond donors (Lipinski definition) is 2. The van der Waals surface area contributed by atoms with Gasteiger partial charge in [0.1, 0.15) is 36.4 Å². The van der Waals surface area contributed by atoms with Gasteiger partial charge < -0.3 is 15.2 Å². The van der Waals surface area contributed by atoms with Gasteiger partial charge >= 0.3 is 0 Å². The maximum atomic E-state index is 12.7. The van der Waals surface area contributed by atoms with Gasteiger partial charge in [-0.3, -0.25) is 0 Å². The second kappa shape index (κ2) is 6.81. The summed E-state index contributed by atoms with van der Waals surface area (Å²) in [6.07, 6.45) is 0.759. The van der Waals surface area contributed by atoms with Crippen LogP contribution in [0.15, 0.2) is 36.7 Å². The molecule has 0 saturated carbocycles. The lowest BCUT2D eigenvalue weighted by Crippen LogP contribution is -2.26. The minimum Gasteiger partial charge on any atom is -0.491 e. The molecule has 2 N–H and O–H groups in total. The van der Waals surface area contributed by atoms with Crippen LogP contribution in [-0.2, 0) is 0 Å². The molecule has 0 bridgehead atoms. The van der Waals surface area contributed by atoms with Crippen LogP contribution < -0.4 is 10.1 Å². The first-order valence-electron chi connectivity index (χ1n) is 6.22. The Kier molecular flexibility index (Phi) is 4.84. The molecule has 0 amide bonds. The number of hydrogen-bond acceptors (Lipinski definition) is 5. The molecule has 1 aromatic heterocycles. The lowest BCUT2D eigenvalue weighted by Gasteiger charge is -2.13. The summed E-state index contributed by atoms with van der Waals surface area (Å²) in [4.78, 5) is 8.00. The van der Waals surface area contributed by atoms with Gasteiger partial charge in [0.2, 0.25) is 0 Å². The summed E-state index contributed by atoms with van der Waals surface area (Å²) >= 11 is 0. The monoisotopic (exact) mass is 277 g/mol. The fraction of sp³-hybridized carbons (Fsp3) is 0.286. The van der Waals surface area contributed by atoms with Gasteiger partial charge in [-0.2, -0.15) is 0 Å². The minimum atomic E-state index is -0.699. The number of aryl methyl sites for hydroxylation is 1. The first-order chi connectivity index (χ1) is 9.63. The molecule has 6 heteroatoms.